The Balaban J connectivity index is 2.62. The van der Waals surface area contributed by atoms with Crippen LogP contribution in [0.25, 0.3) is 0 Å². The monoisotopic (exact) mass is 284 g/mol. The Morgan fingerprint density at radius 2 is 2.05 bits per heavy atom. The summed E-state index contributed by atoms with van der Waals surface area (Å²) in [6.07, 6.45) is 0.703. The van der Waals surface area contributed by atoms with Crippen molar-refractivity contribution in [3.8, 4) is 0 Å². The quantitative estimate of drug-likeness (QED) is 0.786. The molecule has 0 bridgehead atoms. The second kappa shape index (κ2) is 7.28. The number of carbonyl (C=O) groups excluding carboxylic acids is 1. The number of anilines is 1. The predicted molar refractivity (Wildman–Crippen MR) is 77.5 cm³/mol. The van der Waals surface area contributed by atoms with Crippen molar-refractivity contribution in [1.29, 1.82) is 0 Å². The molecule has 0 fully saturated rings. The third-order valence-electron chi connectivity index (χ3n) is 2.57. The molecule has 106 valence electrons. The average molecular weight is 285 g/mol. The van der Waals surface area contributed by atoms with E-state index in [9.17, 15) is 4.79 Å². The molecule has 0 saturated carbocycles. The van der Waals surface area contributed by atoms with Gasteiger partial charge < -0.3 is 10.6 Å². The maximum absolute atomic E-state index is 11.6. The van der Waals surface area contributed by atoms with Crippen LogP contribution in [0.2, 0.25) is 5.15 Å². The summed E-state index contributed by atoms with van der Waals surface area (Å²) in [6.45, 7) is 8.75. The first-order chi connectivity index (χ1) is 8.93. The molecule has 2 N–H and O–H groups in total. The molecular weight excluding hydrogens is 264 g/mol. The molecule has 0 aromatic carbocycles. The van der Waals surface area contributed by atoms with Crippen molar-refractivity contribution in [2.24, 2.45) is 5.92 Å². The Labute approximate surface area is 119 Å². The van der Waals surface area contributed by atoms with Crippen LogP contribution < -0.4 is 10.6 Å². The number of aryl methyl sites for hydroxylation is 1. The molecule has 0 radical (unpaired) electrons. The van der Waals surface area contributed by atoms with Crippen molar-refractivity contribution in [2.75, 3.05) is 18.4 Å². The normalized spacial score (nSPS) is 10.6. The van der Waals surface area contributed by atoms with Gasteiger partial charge in [-0.2, -0.15) is 0 Å². The van der Waals surface area contributed by atoms with Gasteiger partial charge >= 0.3 is 0 Å². The van der Waals surface area contributed by atoms with Crippen molar-refractivity contribution in [2.45, 2.75) is 34.1 Å². The van der Waals surface area contributed by atoms with Gasteiger partial charge in [-0.25, -0.2) is 9.97 Å². The van der Waals surface area contributed by atoms with Gasteiger partial charge in [-0.15, -0.1) is 0 Å². The number of hydrogen-bond donors (Lipinski definition) is 2. The van der Waals surface area contributed by atoms with Gasteiger partial charge in [0.25, 0.3) is 0 Å². The highest BCUT2D eigenvalue weighted by Crippen LogP contribution is 2.19. The minimum absolute atomic E-state index is 0.0547. The maximum atomic E-state index is 11.6. The lowest BCUT2D eigenvalue weighted by atomic mass is 10.2. The third-order valence-corrected chi connectivity index (χ3v) is 2.94. The molecule has 0 aliphatic rings. The van der Waals surface area contributed by atoms with Crippen molar-refractivity contribution in [3.05, 3.63) is 16.5 Å². The smallest absolute Gasteiger partial charge is 0.239 e. The van der Waals surface area contributed by atoms with Crippen LogP contribution in [0.15, 0.2) is 0 Å². The number of halogens is 1. The summed E-state index contributed by atoms with van der Waals surface area (Å²) in [5, 5.41) is 6.27. The maximum Gasteiger partial charge on any atom is 0.239 e. The number of hydrogen-bond acceptors (Lipinski definition) is 4. The number of amides is 1. The third kappa shape index (κ3) is 5.03. The summed E-state index contributed by atoms with van der Waals surface area (Å²) in [5.74, 6) is 1.67. The average Bonchev–Trinajstić information content (AvgIpc) is 2.37. The van der Waals surface area contributed by atoms with Gasteiger partial charge in [0.05, 0.1) is 6.54 Å². The summed E-state index contributed by atoms with van der Waals surface area (Å²) in [5.41, 5.74) is 0.760. The van der Waals surface area contributed by atoms with Gasteiger partial charge in [-0.1, -0.05) is 32.4 Å². The Hall–Kier alpha value is -1.36. The Bertz CT molecular complexity index is 449. The standard InChI is InChI=1S/C13H21ClN4O/c1-5-10-17-12(14)9(4)13(18-10)16-7-11(19)15-6-8(2)3/h8H,5-7H2,1-4H3,(H,15,19)(H,16,17,18). The Kier molecular flexibility index (Phi) is 6.02. The molecule has 1 heterocycles. The number of rotatable bonds is 6. The lowest BCUT2D eigenvalue weighted by Gasteiger charge is -2.12. The zero-order valence-corrected chi connectivity index (χ0v) is 12.6. The van der Waals surface area contributed by atoms with Gasteiger partial charge in [0.15, 0.2) is 0 Å². The van der Waals surface area contributed by atoms with Crippen LogP contribution in [0, 0.1) is 12.8 Å². The second-order valence-corrected chi connectivity index (χ2v) is 5.17. The molecule has 1 aromatic rings. The molecule has 0 atom stereocenters. The highest BCUT2D eigenvalue weighted by Gasteiger charge is 2.10. The van der Waals surface area contributed by atoms with E-state index in [0.29, 0.717) is 35.7 Å². The van der Waals surface area contributed by atoms with Crippen LogP contribution in [0.5, 0.6) is 0 Å². The Morgan fingerprint density at radius 3 is 2.63 bits per heavy atom. The molecule has 0 saturated heterocycles. The van der Waals surface area contributed by atoms with E-state index in [1.54, 1.807) is 0 Å². The molecule has 1 aromatic heterocycles. The van der Waals surface area contributed by atoms with Crippen molar-refractivity contribution >= 4 is 23.3 Å². The van der Waals surface area contributed by atoms with E-state index in [-0.39, 0.29) is 12.5 Å². The van der Waals surface area contributed by atoms with Crippen molar-refractivity contribution < 1.29 is 4.79 Å². The molecule has 0 aliphatic heterocycles. The molecule has 5 nitrogen and oxygen atoms in total. The van der Waals surface area contributed by atoms with Gasteiger partial charge in [0.2, 0.25) is 5.91 Å². The lowest BCUT2D eigenvalue weighted by Crippen LogP contribution is -2.32. The van der Waals surface area contributed by atoms with Gasteiger partial charge in [-0.3, -0.25) is 4.79 Å². The molecule has 1 rings (SSSR count). The fourth-order valence-electron chi connectivity index (χ4n) is 1.41. The summed E-state index contributed by atoms with van der Waals surface area (Å²) in [6, 6.07) is 0. The Morgan fingerprint density at radius 1 is 1.37 bits per heavy atom. The number of nitrogens with one attached hydrogen (secondary N) is 2. The van der Waals surface area contributed by atoms with E-state index < -0.39 is 0 Å². The topological polar surface area (TPSA) is 66.9 Å². The largest absolute Gasteiger partial charge is 0.361 e. The number of carbonyl (C=O) groups is 1. The number of nitrogens with zero attached hydrogens (tertiary/aromatic N) is 2. The van der Waals surface area contributed by atoms with E-state index in [4.69, 9.17) is 11.6 Å². The molecule has 0 unspecified atom stereocenters. The second-order valence-electron chi connectivity index (χ2n) is 4.81. The summed E-state index contributed by atoms with van der Waals surface area (Å²) < 4.78 is 0. The molecule has 1 amide bonds. The molecule has 0 spiro atoms. The van der Waals surface area contributed by atoms with Crippen LogP contribution in [-0.2, 0) is 11.2 Å². The zero-order valence-electron chi connectivity index (χ0n) is 11.9. The highest BCUT2D eigenvalue weighted by atomic mass is 35.5. The van der Waals surface area contributed by atoms with Crippen LogP contribution in [0.4, 0.5) is 5.82 Å². The van der Waals surface area contributed by atoms with Crippen LogP contribution in [0.3, 0.4) is 0 Å². The van der Waals surface area contributed by atoms with Crippen molar-refractivity contribution in [3.63, 3.8) is 0 Å². The first-order valence-electron chi connectivity index (χ1n) is 6.47. The first-order valence-corrected chi connectivity index (χ1v) is 6.85. The SMILES string of the molecule is CCc1nc(Cl)c(C)c(NCC(=O)NCC(C)C)n1. The first kappa shape index (κ1) is 15.7. The predicted octanol–water partition coefficient (Wildman–Crippen LogP) is 2.18. The van der Waals surface area contributed by atoms with E-state index in [0.717, 1.165) is 5.56 Å². The minimum atomic E-state index is -0.0547. The van der Waals surface area contributed by atoms with Crippen LogP contribution in [0.1, 0.15) is 32.2 Å². The molecule has 19 heavy (non-hydrogen) atoms. The fraction of sp³-hybridized carbons (Fsp3) is 0.615. The summed E-state index contributed by atoms with van der Waals surface area (Å²) in [4.78, 5) is 20.1. The van der Waals surface area contributed by atoms with Gasteiger partial charge in [0, 0.05) is 18.5 Å². The zero-order chi connectivity index (χ0) is 14.4. The van der Waals surface area contributed by atoms with E-state index in [1.165, 1.54) is 0 Å². The van der Waals surface area contributed by atoms with Gasteiger partial charge in [0.1, 0.15) is 16.8 Å². The summed E-state index contributed by atoms with van der Waals surface area (Å²) in [7, 11) is 0. The van der Waals surface area contributed by atoms with Gasteiger partial charge in [-0.05, 0) is 12.8 Å². The van der Waals surface area contributed by atoms with Crippen LogP contribution >= 0.6 is 11.6 Å². The number of aromatic nitrogens is 2. The van der Waals surface area contributed by atoms with E-state index in [1.807, 2.05) is 13.8 Å². The van der Waals surface area contributed by atoms with Crippen molar-refractivity contribution in [1.82, 2.24) is 15.3 Å². The molecule has 0 aliphatic carbocycles. The molecular formula is C13H21ClN4O. The highest BCUT2D eigenvalue weighted by molar-refractivity contribution is 6.30. The van der Waals surface area contributed by atoms with E-state index >= 15 is 0 Å². The summed E-state index contributed by atoms with van der Waals surface area (Å²) >= 11 is 6.02. The van der Waals surface area contributed by atoms with Crippen LogP contribution in [-0.4, -0.2) is 29.0 Å². The molecule has 6 heteroatoms. The van der Waals surface area contributed by atoms with E-state index in [2.05, 4.69) is 34.4 Å². The minimum Gasteiger partial charge on any atom is -0.361 e. The fourth-order valence-corrected chi connectivity index (χ4v) is 1.59. The lowest BCUT2D eigenvalue weighted by molar-refractivity contribution is -0.119.